The molecular formula is C29H32FN5O3S. The van der Waals surface area contributed by atoms with Gasteiger partial charge in [-0.3, -0.25) is 4.79 Å². The average Bonchev–Trinajstić information content (AvgIpc) is 3.61. The average molecular weight is 550 g/mol. The van der Waals surface area contributed by atoms with Crippen molar-refractivity contribution in [1.82, 2.24) is 15.1 Å². The number of carbonyl (C=O) groups excluding carboxylic acids is 2. The van der Waals surface area contributed by atoms with Gasteiger partial charge in [-0.25, -0.2) is 9.18 Å². The lowest BCUT2D eigenvalue weighted by molar-refractivity contribution is -0.117. The molecule has 2 aliphatic carbocycles. The molecule has 1 saturated heterocycles. The first-order valence-corrected chi connectivity index (χ1v) is 14.5. The summed E-state index contributed by atoms with van der Waals surface area (Å²) in [6.45, 7) is 1.13. The predicted octanol–water partition coefficient (Wildman–Crippen LogP) is 5.50. The Morgan fingerprint density at radius 3 is 2.54 bits per heavy atom. The molecular weight excluding hydrogens is 517 g/mol. The van der Waals surface area contributed by atoms with Gasteiger partial charge in [0.05, 0.1) is 6.54 Å². The first-order chi connectivity index (χ1) is 18.9. The molecule has 0 radical (unpaired) electrons. The number of nitrogens with two attached hydrogens (primary N) is 1. The molecule has 3 aliphatic rings. The van der Waals surface area contributed by atoms with Crippen molar-refractivity contribution in [3.8, 4) is 22.4 Å². The molecule has 0 atom stereocenters. The van der Waals surface area contributed by atoms with Gasteiger partial charge in [0, 0.05) is 42.0 Å². The third kappa shape index (κ3) is 5.40. The first-order valence-electron chi connectivity index (χ1n) is 13.6. The van der Waals surface area contributed by atoms with Crippen LogP contribution < -0.4 is 11.1 Å². The number of nitrogens with one attached hydrogen (secondary N) is 1. The molecule has 0 unspecified atom stereocenters. The fourth-order valence-electron chi connectivity index (χ4n) is 6.08. The number of nitrogens with zero attached hydrogens (tertiary/aromatic N) is 3. The van der Waals surface area contributed by atoms with E-state index in [1.54, 1.807) is 11.3 Å². The molecule has 10 heteroatoms. The van der Waals surface area contributed by atoms with E-state index in [9.17, 15) is 14.0 Å². The highest BCUT2D eigenvalue weighted by molar-refractivity contribution is 7.08. The Labute approximate surface area is 230 Å². The molecule has 2 amide bonds. The van der Waals surface area contributed by atoms with E-state index in [-0.39, 0.29) is 24.0 Å². The van der Waals surface area contributed by atoms with Gasteiger partial charge < -0.3 is 20.7 Å². The molecule has 0 bridgehead atoms. The summed E-state index contributed by atoms with van der Waals surface area (Å²) >= 11 is 1.59. The highest BCUT2D eigenvalue weighted by Crippen LogP contribution is 2.42. The van der Waals surface area contributed by atoms with Crippen LogP contribution in [0.4, 0.5) is 15.0 Å². The van der Waals surface area contributed by atoms with Gasteiger partial charge in [-0.05, 0) is 65.6 Å². The maximum absolute atomic E-state index is 13.5. The molecule has 2 aromatic heterocycles. The number of aromatic nitrogens is 2. The normalized spacial score (nSPS) is 26.7. The number of rotatable bonds is 7. The molecule has 204 valence electrons. The van der Waals surface area contributed by atoms with Crippen LogP contribution in [0, 0.1) is 5.92 Å². The van der Waals surface area contributed by atoms with Gasteiger partial charge >= 0.3 is 6.09 Å². The summed E-state index contributed by atoms with van der Waals surface area (Å²) in [5.74, 6) is 0.609. The zero-order chi connectivity index (χ0) is 27.0. The summed E-state index contributed by atoms with van der Waals surface area (Å²) in [6.07, 6.45) is 3.63. The molecule has 0 spiro atoms. The maximum Gasteiger partial charge on any atom is 0.410 e. The van der Waals surface area contributed by atoms with Gasteiger partial charge in [0.2, 0.25) is 5.91 Å². The van der Waals surface area contributed by atoms with E-state index in [0.29, 0.717) is 43.9 Å². The van der Waals surface area contributed by atoms with E-state index in [2.05, 4.69) is 15.5 Å². The second-order valence-corrected chi connectivity index (χ2v) is 11.8. The minimum Gasteiger partial charge on any atom is -0.448 e. The number of thiophene rings is 1. The number of hydrogen-bond donors (Lipinski definition) is 2. The Balaban J connectivity index is 1.13. The van der Waals surface area contributed by atoms with Crippen molar-refractivity contribution in [1.29, 1.82) is 0 Å². The highest BCUT2D eigenvalue weighted by atomic mass is 32.1. The van der Waals surface area contributed by atoms with Crippen molar-refractivity contribution in [2.75, 3.05) is 18.5 Å². The summed E-state index contributed by atoms with van der Waals surface area (Å²) in [5.41, 5.74) is 10.1. The zero-order valence-corrected chi connectivity index (χ0v) is 22.5. The number of alkyl halides is 1. The van der Waals surface area contributed by atoms with Crippen molar-refractivity contribution in [3.63, 3.8) is 0 Å². The van der Waals surface area contributed by atoms with Gasteiger partial charge in [-0.2, -0.15) is 11.3 Å². The number of anilines is 1. The van der Waals surface area contributed by atoms with E-state index < -0.39 is 11.7 Å². The summed E-state index contributed by atoms with van der Waals surface area (Å²) < 4.78 is 18.5. The molecule has 1 aliphatic heterocycles. The smallest absolute Gasteiger partial charge is 0.410 e. The van der Waals surface area contributed by atoms with Crippen LogP contribution in [0.2, 0.25) is 0 Å². The minimum atomic E-state index is -0.834. The van der Waals surface area contributed by atoms with E-state index in [4.69, 9.17) is 10.5 Å². The third-order valence-electron chi connectivity index (χ3n) is 8.32. The van der Waals surface area contributed by atoms with Crippen molar-refractivity contribution in [2.24, 2.45) is 11.7 Å². The Kier molecular flexibility index (Phi) is 7.07. The maximum atomic E-state index is 13.5. The Bertz CT molecular complexity index is 1340. The fourth-order valence-corrected chi connectivity index (χ4v) is 6.74. The van der Waals surface area contributed by atoms with Crippen LogP contribution in [-0.2, 0) is 15.1 Å². The molecule has 39 heavy (non-hydrogen) atoms. The first kappa shape index (κ1) is 25.9. The molecule has 8 nitrogen and oxygen atoms in total. The van der Waals surface area contributed by atoms with E-state index in [1.165, 1.54) is 0 Å². The van der Waals surface area contributed by atoms with E-state index in [0.717, 1.165) is 47.9 Å². The number of halogens is 1. The number of cyclic esters (lactones) is 1. The van der Waals surface area contributed by atoms with Gasteiger partial charge in [0.15, 0.2) is 5.82 Å². The molecule has 2 saturated carbocycles. The summed E-state index contributed by atoms with van der Waals surface area (Å²) in [4.78, 5) is 26.6. The predicted molar refractivity (Wildman–Crippen MR) is 148 cm³/mol. The lowest BCUT2D eigenvalue weighted by Crippen LogP contribution is -2.50. The van der Waals surface area contributed by atoms with Crippen LogP contribution in [0.25, 0.3) is 22.4 Å². The van der Waals surface area contributed by atoms with Crippen LogP contribution in [0.3, 0.4) is 0 Å². The number of carbonyl (C=O) groups is 2. The minimum absolute atomic E-state index is 0.0818. The van der Waals surface area contributed by atoms with Gasteiger partial charge in [-0.1, -0.05) is 24.3 Å². The van der Waals surface area contributed by atoms with Crippen LogP contribution in [-0.4, -0.2) is 52.5 Å². The number of hydrogen-bond acceptors (Lipinski definition) is 7. The van der Waals surface area contributed by atoms with E-state index in [1.807, 2.05) is 52.1 Å². The molecule has 6 rings (SSSR count). The second kappa shape index (κ2) is 10.7. The standard InChI is InChI=1S/C29H32FN5O3S/c30-22-15-29(31,16-22)21-5-3-19(4-6-21)27-24(20-9-12-39-17-20)14-25(33-34-27)32-26(36)13-18-1-7-23(8-2-18)35-10-11-38-28(35)37/h3-6,9,12,14,17-18,22-23H,1-2,7-8,10-11,13,15-16,31H2,(H,32,33,36). The largest absolute Gasteiger partial charge is 0.448 e. The molecule has 3 aromatic rings. The number of benzene rings is 1. The monoisotopic (exact) mass is 549 g/mol. The van der Waals surface area contributed by atoms with Crippen LogP contribution in [0.15, 0.2) is 47.2 Å². The highest BCUT2D eigenvalue weighted by Gasteiger charge is 2.42. The van der Waals surface area contributed by atoms with Gasteiger partial charge in [0.25, 0.3) is 0 Å². The Hall–Kier alpha value is -3.37. The molecule has 3 fully saturated rings. The quantitative estimate of drug-likeness (QED) is 0.403. The SMILES string of the molecule is NC1(c2ccc(-c3nnc(NC(=O)CC4CCC(N5CCOC5=O)CC4)cc3-c3ccsc3)cc2)CC(F)C1. The van der Waals surface area contributed by atoms with Crippen molar-refractivity contribution in [2.45, 2.75) is 62.7 Å². The number of amides is 2. The lowest BCUT2D eigenvalue weighted by Gasteiger charge is -2.41. The summed E-state index contributed by atoms with van der Waals surface area (Å²) in [6, 6.07) is 11.9. The summed E-state index contributed by atoms with van der Waals surface area (Å²) in [5, 5.41) is 15.8. The summed E-state index contributed by atoms with van der Waals surface area (Å²) in [7, 11) is 0. The molecule has 1 aromatic carbocycles. The number of ether oxygens (including phenoxy) is 1. The van der Waals surface area contributed by atoms with Crippen LogP contribution >= 0.6 is 11.3 Å². The lowest BCUT2D eigenvalue weighted by atomic mass is 9.71. The van der Waals surface area contributed by atoms with Crippen molar-refractivity contribution < 1.29 is 18.7 Å². The molecule has 3 N–H and O–H groups in total. The Morgan fingerprint density at radius 2 is 1.90 bits per heavy atom. The zero-order valence-electron chi connectivity index (χ0n) is 21.6. The molecule has 3 heterocycles. The Morgan fingerprint density at radius 1 is 1.13 bits per heavy atom. The van der Waals surface area contributed by atoms with Crippen molar-refractivity contribution in [3.05, 3.63) is 52.7 Å². The van der Waals surface area contributed by atoms with Crippen molar-refractivity contribution >= 4 is 29.2 Å². The van der Waals surface area contributed by atoms with Gasteiger partial charge in [0.1, 0.15) is 18.5 Å². The van der Waals surface area contributed by atoms with E-state index >= 15 is 0 Å². The topological polar surface area (TPSA) is 110 Å². The second-order valence-electron chi connectivity index (χ2n) is 11.0. The van der Waals surface area contributed by atoms with Crippen LogP contribution in [0.5, 0.6) is 0 Å². The third-order valence-corrected chi connectivity index (χ3v) is 9.00. The van der Waals surface area contributed by atoms with Crippen LogP contribution in [0.1, 0.15) is 50.5 Å². The van der Waals surface area contributed by atoms with Gasteiger partial charge in [-0.15, -0.1) is 10.2 Å². The fraction of sp³-hybridized carbons (Fsp3) is 0.448.